The van der Waals surface area contributed by atoms with Gasteiger partial charge >= 0.3 is 0 Å². The molecule has 1 aromatic heterocycles. The van der Waals surface area contributed by atoms with Crippen LogP contribution in [0.4, 0.5) is 11.4 Å². The van der Waals surface area contributed by atoms with Crippen LogP contribution in [0, 0.1) is 17.0 Å². The van der Waals surface area contributed by atoms with E-state index in [0.29, 0.717) is 11.7 Å². The van der Waals surface area contributed by atoms with Crippen LogP contribution in [0.3, 0.4) is 0 Å². The van der Waals surface area contributed by atoms with Crippen LogP contribution in [0.1, 0.15) is 17.8 Å². The van der Waals surface area contributed by atoms with Gasteiger partial charge in [-0.05, 0) is 32.4 Å². The Labute approximate surface area is 126 Å². The first-order valence-corrected chi connectivity index (χ1v) is 7.86. The van der Waals surface area contributed by atoms with Gasteiger partial charge in [0.2, 0.25) is 0 Å². The quantitative estimate of drug-likeness (QED) is 0.694. The second-order valence-electron chi connectivity index (χ2n) is 5.47. The molecular formula is C14H18N4O2S. The number of fused-ring (bicyclic) bond motifs is 1. The number of likely N-dealkylation sites (N-methyl/N-ethyl adjacent to an activating group) is 1. The summed E-state index contributed by atoms with van der Waals surface area (Å²) in [7, 11) is 1.91. The average molecular weight is 306 g/mol. The lowest BCUT2D eigenvalue weighted by Crippen LogP contribution is -2.35. The van der Waals surface area contributed by atoms with E-state index in [4.69, 9.17) is 0 Å². The highest BCUT2D eigenvalue weighted by Crippen LogP contribution is 2.35. The van der Waals surface area contributed by atoms with Gasteiger partial charge in [-0.25, -0.2) is 4.98 Å². The maximum absolute atomic E-state index is 11.4. The van der Waals surface area contributed by atoms with E-state index in [-0.39, 0.29) is 10.6 Å². The first-order chi connectivity index (χ1) is 10.0. The van der Waals surface area contributed by atoms with Crippen LogP contribution in [0.2, 0.25) is 0 Å². The van der Waals surface area contributed by atoms with E-state index in [9.17, 15) is 10.1 Å². The normalized spacial score (nSPS) is 18.3. The number of nitrogens with one attached hydrogen (secondary N) is 1. The van der Waals surface area contributed by atoms with E-state index >= 15 is 0 Å². The van der Waals surface area contributed by atoms with E-state index in [1.807, 2.05) is 24.9 Å². The molecule has 1 fully saturated rings. The smallest absolute Gasteiger partial charge is 0.294 e. The van der Waals surface area contributed by atoms with Gasteiger partial charge in [-0.1, -0.05) is 0 Å². The Morgan fingerprint density at radius 2 is 2.38 bits per heavy atom. The van der Waals surface area contributed by atoms with E-state index in [2.05, 4.69) is 10.3 Å². The van der Waals surface area contributed by atoms with Crippen LogP contribution >= 0.6 is 11.3 Å². The lowest BCUT2D eigenvalue weighted by Gasteiger charge is -2.23. The SMILES string of the molecule is Cc1nc2cc(N(C)CC3CCCN3)c([N+](=O)[O-])cc2s1. The Kier molecular flexibility index (Phi) is 3.77. The monoisotopic (exact) mass is 306 g/mol. The molecule has 1 N–H and O–H groups in total. The Bertz CT molecular complexity index is 679. The van der Waals surface area contributed by atoms with Gasteiger partial charge in [-0.3, -0.25) is 10.1 Å². The van der Waals surface area contributed by atoms with Gasteiger partial charge in [0.1, 0.15) is 5.69 Å². The fourth-order valence-corrected chi connectivity index (χ4v) is 3.70. The zero-order chi connectivity index (χ0) is 15.0. The van der Waals surface area contributed by atoms with Crippen molar-refractivity contribution in [1.82, 2.24) is 10.3 Å². The number of hydrogen-bond acceptors (Lipinski definition) is 6. The number of aromatic nitrogens is 1. The molecule has 1 aliphatic rings. The van der Waals surface area contributed by atoms with Crippen molar-refractivity contribution < 1.29 is 4.92 Å². The summed E-state index contributed by atoms with van der Waals surface area (Å²) in [5.41, 5.74) is 1.64. The number of benzene rings is 1. The molecule has 0 saturated carbocycles. The summed E-state index contributed by atoms with van der Waals surface area (Å²) in [5.74, 6) is 0. The lowest BCUT2D eigenvalue weighted by molar-refractivity contribution is -0.384. The van der Waals surface area contributed by atoms with E-state index < -0.39 is 0 Å². The minimum absolute atomic E-state index is 0.159. The van der Waals surface area contributed by atoms with Gasteiger partial charge in [-0.15, -0.1) is 11.3 Å². The van der Waals surface area contributed by atoms with E-state index in [0.717, 1.165) is 34.7 Å². The predicted molar refractivity (Wildman–Crippen MR) is 85.3 cm³/mol. The van der Waals surface area contributed by atoms with Gasteiger partial charge in [-0.2, -0.15) is 0 Å². The van der Waals surface area contributed by atoms with Crippen LogP contribution in [-0.2, 0) is 0 Å². The third-order valence-electron chi connectivity index (χ3n) is 3.86. The Hall–Kier alpha value is -1.73. The maximum Gasteiger partial charge on any atom is 0.294 e. The average Bonchev–Trinajstić information content (AvgIpc) is 3.04. The van der Waals surface area contributed by atoms with Crippen LogP contribution < -0.4 is 10.2 Å². The third-order valence-corrected chi connectivity index (χ3v) is 4.79. The van der Waals surface area contributed by atoms with E-state index in [1.54, 1.807) is 6.07 Å². The van der Waals surface area contributed by atoms with Gasteiger partial charge < -0.3 is 10.2 Å². The molecule has 1 atom stereocenters. The number of nitrogens with zero attached hydrogens (tertiary/aromatic N) is 3. The number of thiazole rings is 1. The van der Waals surface area contributed by atoms with Crippen molar-refractivity contribution in [1.29, 1.82) is 0 Å². The second-order valence-corrected chi connectivity index (χ2v) is 6.71. The number of aryl methyl sites for hydroxylation is 1. The molecule has 6 nitrogen and oxygen atoms in total. The van der Waals surface area contributed by atoms with Crippen molar-refractivity contribution in [3.63, 3.8) is 0 Å². The zero-order valence-electron chi connectivity index (χ0n) is 12.1. The molecule has 0 aliphatic carbocycles. The van der Waals surface area contributed by atoms with Gasteiger partial charge in [0, 0.05) is 25.7 Å². The highest BCUT2D eigenvalue weighted by Gasteiger charge is 2.23. The zero-order valence-corrected chi connectivity index (χ0v) is 12.9. The van der Waals surface area contributed by atoms with Crippen molar-refractivity contribution in [2.24, 2.45) is 0 Å². The topological polar surface area (TPSA) is 71.3 Å². The summed E-state index contributed by atoms with van der Waals surface area (Å²) >= 11 is 1.49. The summed E-state index contributed by atoms with van der Waals surface area (Å²) < 4.78 is 0.871. The number of hydrogen-bond donors (Lipinski definition) is 1. The van der Waals surface area contributed by atoms with Crippen molar-refractivity contribution in [2.75, 3.05) is 25.0 Å². The molecule has 0 amide bonds. The second kappa shape index (κ2) is 5.57. The summed E-state index contributed by atoms with van der Waals surface area (Å²) in [6.45, 7) is 3.72. The molecule has 112 valence electrons. The highest BCUT2D eigenvalue weighted by molar-refractivity contribution is 7.18. The van der Waals surface area contributed by atoms with Crippen LogP contribution in [0.25, 0.3) is 10.2 Å². The van der Waals surface area contributed by atoms with Gasteiger partial charge in [0.05, 0.1) is 20.1 Å². The fourth-order valence-electron chi connectivity index (χ4n) is 2.86. The largest absolute Gasteiger partial charge is 0.367 e. The molecule has 0 radical (unpaired) electrons. The van der Waals surface area contributed by atoms with Gasteiger partial charge in [0.25, 0.3) is 5.69 Å². The summed E-state index contributed by atoms with van der Waals surface area (Å²) in [5, 5.41) is 15.7. The molecule has 1 saturated heterocycles. The molecule has 1 aliphatic heterocycles. The molecular weight excluding hydrogens is 288 g/mol. The van der Waals surface area contributed by atoms with Crippen molar-refractivity contribution >= 4 is 32.9 Å². The molecule has 0 spiro atoms. The molecule has 21 heavy (non-hydrogen) atoms. The Morgan fingerprint density at radius 1 is 1.57 bits per heavy atom. The summed E-state index contributed by atoms with van der Waals surface area (Å²) in [6.07, 6.45) is 2.29. The lowest BCUT2D eigenvalue weighted by atomic mass is 10.2. The number of nitro groups is 1. The standard InChI is InChI=1S/C14H18N4O2S/c1-9-16-11-6-12(13(18(19)20)7-14(11)21-9)17(2)8-10-4-3-5-15-10/h6-7,10,15H,3-5,8H2,1-2H3. The van der Waals surface area contributed by atoms with Crippen LogP contribution in [0.5, 0.6) is 0 Å². The first-order valence-electron chi connectivity index (χ1n) is 7.04. The fraction of sp³-hybridized carbons (Fsp3) is 0.500. The Balaban J connectivity index is 1.97. The van der Waals surface area contributed by atoms with Crippen molar-refractivity contribution in [3.8, 4) is 0 Å². The Morgan fingerprint density at radius 3 is 3.05 bits per heavy atom. The van der Waals surface area contributed by atoms with Crippen LogP contribution in [0.15, 0.2) is 12.1 Å². The minimum Gasteiger partial charge on any atom is -0.367 e. The molecule has 1 unspecified atom stereocenters. The number of rotatable bonds is 4. The molecule has 3 rings (SSSR count). The number of nitro benzene ring substituents is 1. The molecule has 2 heterocycles. The summed E-state index contributed by atoms with van der Waals surface area (Å²) in [6, 6.07) is 3.89. The third kappa shape index (κ3) is 2.84. The maximum atomic E-state index is 11.4. The van der Waals surface area contributed by atoms with E-state index in [1.165, 1.54) is 17.8 Å². The molecule has 1 aromatic carbocycles. The van der Waals surface area contributed by atoms with Crippen molar-refractivity contribution in [3.05, 3.63) is 27.3 Å². The van der Waals surface area contributed by atoms with Crippen molar-refractivity contribution in [2.45, 2.75) is 25.8 Å². The predicted octanol–water partition coefficient (Wildman–Crippen LogP) is 2.70. The molecule has 7 heteroatoms. The first kappa shape index (κ1) is 14.2. The van der Waals surface area contributed by atoms with Crippen LogP contribution in [-0.4, -0.2) is 36.1 Å². The molecule has 2 aromatic rings. The number of anilines is 1. The minimum atomic E-state index is -0.303. The summed E-state index contributed by atoms with van der Waals surface area (Å²) in [4.78, 5) is 17.5. The highest BCUT2D eigenvalue weighted by atomic mass is 32.1. The molecule has 0 bridgehead atoms. The van der Waals surface area contributed by atoms with Gasteiger partial charge in [0.15, 0.2) is 0 Å².